The SMILES string of the molecule is CCNC(Cc1cc(F)ccc1F)c1ccc(Br)cn1. The van der Waals surface area contributed by atoms with Crippen molar-refractivity contribution in [3.8, 4) is 0 Å². The maximum atomic E-state index is 13.7. The molecule has 20 heavy (non-hydrogen) atoms. The molecule has 0 aliphatic rings. The van der Waals surface area contributed by atoms with Crippen LogP contribution in [0.1, 0.15) is 24.2 Å². The fraction of sp³-hybridized carbons (Fsp3) is 0.267. The van der Waals surface area contributed by atoms with Crippen molar-refractivity contribution in [3.05, 3.63) is 63.9 Å². The number of rotatable bonds is 5. The number of pyridine rings is 1. The van der Waals surface area contributed by atoms with Gasteiger partial charge in [0.15, 0.2) is 0 Å². The zero-order chi connectivity index (χ0) is 14.5. The highest BCUT2D eigenvalue weighted by Crippen LogP contribution is 2.20. The van der Waals surface area contributed by atoms with E-state index in [1.54, 1.807) is 6.20 Å². The van der Waals surface area contributed by atoms with Crippen molar-refractivity contribution < 1.29 is 8.78 Å². The Hall–Kier alpha value is -1.33. The molecule has 0 saturated heterocycles. The number of aromatic nitrogens is 1. The second-order valence-corrected chi connectivity index (χ2v) is 5.37. The number of likely N-dealkylation sites (N-methyl/N-ethyl adjacent to an activating group) is 1. The van der Waals surface area contributed by atoms with Gasteiger partial charge in [-0.3, -0.25) is 4.98 Å². The van der Waals surface area contributed by atoms with E-state index in [9.17, 15) is 8.78 Å². The van der Waals surface area contributed by atoms with E-state index < -0.39 is 11.6 Å². The van der Waals surface area contributed by atoms with E-state index in [-0.39, 0.29) is 6.04 Å². The summed E-state index contributed by atoms with van der Waals surface area (Å²) in [6.07, 6.45) is 2.05. The molecule has 0 fully saturated rings. The lowest BCUT2D eigenvalue weighted by Gasteiger charge is -2.18. The van der Waals surface area contributed by atoms with E-state index in [0.29, 0.717) is 12.0 Å². The summed E-state index contributed by atoms with van der Waals surface area (Å²) in [6.45, 7) is 2.69. The first-order valence-corrected chi connectivity index (χ1v) is 7.18. The molecule has 0 radical (unpaired) electrons. The molecule has 2 aromatic rings. The Labute approximate surface area is 125 Å². The van der Waals surface area contributed by atoms with Crippen molar-refractivity contribution in [2.45, 2.75) is 19.4 Å². The normalized spacial score (nSPS) is 12.4. The lowest BCUT2D eigenvalue weighted by Crippen LogP contribution is -2.24. The molecule has 106 valence electrons. The number of hydrogen-bond acceptors (Lipinski definition) is 2. The summed E-state index contributed by atoms with van der Waals surface area (Å²) in [5.74, 6) is -0.827. The molecule has 0 spiro atoms. The minimum absolute atomic E-state index is 0.149. The van der Waals surface area contributed by atoms with Crippen LogP contribution >= 0.6 is 15.9 Å². The topological polar surface area (TPSA) is 24.9 Å². The molecule has 5 heteroatoms. The molecule has 1 unspecified atom stereocenters. The second-order valence-electron chi connectivity index (χ2n) is 4.45. The molecule has 1 N–H and O–H groups in total. The predicted molar refractivity (Wildman–Crippen MR) is 78.4 cm³/mol. The van der Waals surface area contributed by atoms with E-state index in [1.165, 1.54) is 6.07 Å². The number of benzene rings is 1. The largest absolute Gasteiger partial charge is 0.309 e. The summed E-state index contributed by atoms with van der Waals surface area (Å²) in [5.41, 5.74) is 1.15. The van der Waals surface area contributed by atoms with Crippen LogP contribution in [0.2, 0.25) is 0 Å². The van der Waals surface area contributed by atoms with Gasteiger partial charge in [0, 0.05) is 10.7 Å². The number of nitrogens with zero attached hydrogens (tertiary/aromatic N) is 1. The maximum Gasteiger partial charge on any atom is 0.126 e. The van der Waals surface area contributed by atoms with Gasteiger partial charge in [0.1, 0.15) is 11.6 Å². The number of halogens is 3. The summed E-state index contributed by atoms with van der Waals surface area (Å²) in [4.78, 5) is 4.32. The Bertz CT molecular complexity index is 573. The molecular weight excluding hydrogens is 326 g/mol. The minimum Gasteiger partial charge on any atom is -0.309 e. The molecule has 0 saturated carbocycles. The Morgan fingerprint density at radius 1 is 1.25 bits per heavy atom. The molecule has 1 atom stereocenters. The number of nitrogens with one attached hydrogen (secondary N) is 1. The molecule has 0 amide bonds. The van der Waals surface area contributed by atoms with Crippen LogP contribution in [-0.2, 0) is 6.42 Å². The maximum absolute atomic E-state index is 13.7. The second kappa shape index (κ2) is 6.90. The zero-order valence-electron chi connectivity index (χ0n) is 11.0. The minimum atomic E-state index is -0.430. The van der Waals surface area contributed by atoms with Gasteiger partial charge in [0.2, 0.25) is 0 Å². The van der Waals surface area contributed by atoms with Crippen molar-refractivity contribution in [3.63, 3.8) is 0 Å². The Kier molecular flexibility index (Phi) is 5.20. The summed E-state index contributed by atoms with van der Waals surface area (Å²) in [6, 6.07) is 7.12. The fourth-order valence-corrected chi connectivity index (χ4v) is 2.28. The predicted octanol–water partition coefficient (Wildman–Crippen LogP) is 4.02. The summed E-state index contributed by atoms with van der Waals surface area (Å²) < 4.78 is 27.8. The summed E-state index contributed by atoms with van der Waals surface area (Å²) in [7, 11) is 0. The van der Waals surface area contributed by atoms with Crippen LogP contribution in [0.4, 0.5) is 8.78 Å². The lowest BCUT2D eigenvalue weighted by molar-refractivity contribution is 0.513. The fourth-order valence-electron chi connectivity index (χ4n) is 2.04. The van der Waals surface area contributed by atoms with Gasteiger partial charge in [-0.25, -0.2) is 8.78 Å². The van der Waals surface area contributed by atoms with E-state index in [4.69, 9.17) is 0 Å². The van der Waals surface area contributed by atoms with Crippen LogP contribution in [0.3, 0.4) is 0 Å². The Morgan fingerprint density at radius 3 is 2.70 bits per heavy atom. The van der Waals surface area contributed by atoms with Crippen molar-refractivity contribution in [1.82, 2.24) is 10.3 Å². The van der Waals surface area contributed by atoms with Gasteiger partial charge < -0.3 is 5.32 Å². The lowest BCUT2D eigenvalue weighted by atomic mass is 10.0. The quantitative estimate of drug-likeness (QED) is 0.889. The van der Waals surface area contributed by atoms with E-state index in [0.717, 1.165) is 28.8 Å². The third-order valence-corrected chi connectivity index (χ3v) is 3.46. The first-order valence-electron chi connectivity index (χ1n) is 6.39. The Balaban J connectivity index is 2.25. The average molecular weight is 341 g/mol. The molecule has 2 nitrogen and oxygen atoms in total. The summed E-state index contributed by atoms with van der Waals surface area (Å²) in [5, 5.41) is 3.25. The molecule has 1 aromatic carbocycles. The first-order chi connectivity index (χ1) is 9.60. The van der Waals surface area contributed by atoms with E-state index >= 15 is 0 Å². The van der Waals surface area contributed by atoms with Crippen molar-refractivity contribution in [2.24, 2.45) is 0 Å². The monoisotopic (exact) mass is 340 g/mol. The van der Waals surface area contributed by atoms with Gasteiger partial charge in [0.25, 0.3) is 0 Å². The highest BCUT2D eigenvalue weighted by atomic mass is 79.9. The standard InChI is InChI=1S/C15H15BrF2N2/c1-2-19-15(14-6-3-11(16)9-20-14)8-10-7-12(17)4-5-13(10)18/h3-7,9,15,19H,2,8H2,1H3. The highest BCUT2D eigenvalue weighted by molar-refractivity contribution is 9.10. The smallest absolute Gasteiger partial charge is 0.126 e. The van der Waals surface area contributed by atoms with Gasteiger partial charge in [-0.2, -0.15) is 0 Å². The van der Waals surface area contributed by atoms with Crippen LogP contribution in [-0.4, -0.2) is 11.5 Å². The first kappa shape index (κ1) is 15.1. The van der Waals surface area contributed by atoms with Crippen LogP contribution in [0.15, 0.2) is 41.0 Å². The van der Waals surface area contributed by atoms with Gasteiger partial charge in [-0.05, 0) is 64.8 Å². The zero-order valence-corrected chi connectivity index (χ0v) is 12.6. The molecule has 0 bridgehead atoms. The van der Waals surface area contributed by atoms with E-state index in [1.807, 2.05) is 19.1 Å². The van der Waals surface area contributed by atoms with Crippen LogP contribution in [0.25, 0.3) is 0 Å². The number of hydrogen-bond donors (Lipinski definition) is 1. The molecule has 0 aliphatic heterocycles. The van der Waals surface area contributed by atoms with Gasteiger partial charge in [-0.15, -0.1) is 0 Å². The van der Waals surface area contributed by atoms with Crippen LogP contribution in [0, 0.1) is 11.6 Å². The summed E-state index contributed by atoms with van der Waals surface area (Å²) >= 11 is 3.33. The van der Waals surface area contributed by atoms with Gasteiger partial charge in [-0.1, -0.05) is 6.92 Å². The van der Waals surface area contributed by atoms with Gasteiger partial charge in [0.05, 0.1) is 11.7 Å². The van der Waals surface area contributed by atoms with E-state index in [2.05, 4.69) is 26.2 Å². The molecule has 1 aromatic heterocycles. The molecular formula is C15H15BrF2N2. The molecule has 0 aliphatic carbocycles. The van der Waals surface area contributed by atoms with Gasteiger partial charge >= 0.3 is 0 Å². The Morgan fingerprint density at radius 2 is 2.05 bits per heavy atom. The van der Waals surface area contributed by atoms with Crippen molar-refractivity contribution in [1.29, 1.82) is 0 Å². The molecule has 2 rings (SSSR count). The van der Waals surface area contributed by atoms with Crippen molar-refractivity contribution >= 4 is 15.9 Å². The average Bonchev–Trinajstić information content (AvgIpc) is 2.43. The third kappa shape index (κ3) is 3.84. The van der Waals surface area contributed by atoms with Crippen molar-refractivity contribution in [2.75, 3.05) is 6.54 Å². The molecule has 1 heterocycles. The third-order valence-electron chi connectivity index (χ3n) is 2.99. The highest BCUT2D eigenvalue weighted by Gasteiger charge is 2.15. The van der Waals surface area contributed by atoms with Crippen LogP contribution < -0.4 is 5.32 Å². The van der Waals surface area contributed by atoms with Crippen LogP contribution in [0.5, 0.6) is 0 Å².